The summed E-state index contributed by atoms with van der Waals surface area (Å²) in [5.74, 6) is -0.958. The molecule has 1 rings (SSSR count). The molecule has 0 aliphatic carbocycles. The molecule has 5 nitrogen and oxygen atoms in total. The number of anilines is 1. The Hall–Kier alpha value is -2.04. The first-order chi connectivity index (χ1) is 7.34. The molecule has 0 aromatic heterocycles. The number of hydrogen-bond acceptors (Lipinski definition) is 2. The summed E-state index contributed by atoms with van der Waals surface area (Å²) >= 11 is 0. The molecule has 0 bridgehead atoms. The van der Waals surface area contributed by atoms with Crippen molar-refractivity contribution in [2.45, 2.75) is 19.3 Å². The first-order valence-electron chi connectivity index (χ1n) is 4.68. The van der Waals surface area contributed by atoms with Crippen molar-refractivity contribution >= 4 is 17.7 Å². The van der Waals surface area contributed by atoms with E-state index in [2.05, 4.69) is 5.32 Å². The summed E-state index contributed by atoms with van der Waals surface area (Å²) in [6.45, 7) is 3.13. The van der Waals surface area contributed by atoms with E-state index < -0.39 is 17.5 Å². The van der Waals surface area contributed by atoms with Crippen molar-refractivity contribution < 1.29 is 19.8 Å². The third-order valence-electron chi connectivity index (χ3n) is 2.37. The number of aliphatic carboxylic acids is 1. The van der Waals surface area contributed by atoms with Crippen molar-refractivity contribution in [1.29, 1.82) is 0 Å². The second-order valence-electron chi connectivity index (χ2n) is 3.94. The van der Waals surface area contributed by atoms with Gasteiger partial charge in [-0.25, -0.2) is 4.79 Å². The largest absolute Gasteiger partial charge is 0.481 e. The quantitative estimate of drug-likeness (QED) is 0.732. The van der Waals surface area contributed by atoms with Gasteiger partial charge in [0.2, 0.25) is 0 Å². The molecule has 0 aliphatic rings. The van der Waals surface area contributed by atoms with Crippen molar-refractivity contribution in [3.05, 3.63) is 29.8 Å². The van der Waals surface area contributed by atoms with Crippen LogP contribution in [0.2, 0.25) is 0 Å². The smallest absolute Gasteiger partial charge is 0.409 e. The maximum atomic E-state index is 11.0. The summed E-state index contributed by atoms with van der Waals surface area (Å²) in [7, 11) is 0. The van der Waals surface area contributed by atoms with E-state index in [-0.39, 0.29) is 0 Å². The third-order valence-corrected chi connectivity index (χ3v) is 2.37. The van der Waals surface area contributed by atoms with Crippen molar-refractivity contribution in [2.75, 3.05) is 5.32 Å². The van der Waals surface area contributed by atoms with Crippen molar-refractivity contribution in [3.63, 3.8) is 0 Å². The zero-order chi connectivity index (χ0) is 12.3. The molecular weight excluding hydrogens is 210 g/mol. The summed E-state index contributed by atoms with van der Waals surface area (Å²) in [5, 5.41) is 19.8. The highest BCUT2D eigenvalue weighted by molar-refractivity contribution is 5.84. The Bertz CT molecular complexity index is 426. The summed E-state index contributed by atoms with van der Waals surface area (Å²) in [5.41, 5.74) is -0.138. The molecule has 0 spiro atoms. The first kappa shape index (κ1) is 12.0. The van der Waals surface area contributed by atoms with Crippen LogP contribution in [0.1, 0.15) is 19.4 Å². The molecular formula is C11H13NO4. The summed E-state index contributed by atoms with van der Waals surface area (Å²) in [6, 6.07) is 6.35. The average Bonchev–Trinajstić information content (AvgIpc) is 2.16. The SMILES string of the molecule is CC(C)(C(=O)O)c1cccc(NC(=O)O)c1. The van der Waals surface area contributed by atoms with E-state index in [1.54, 1.807) is 32.0 Å². The number of benzene rings is 1. The van der Waals surface area contributed by atoms with E-state index in [4.69, 9.17) is 10.2 Å². The van der Waals surface area contributed by atoms with Gasteiger partial charge in [0.25, 0.3) is 0 Å². The normalized spacial score (nSPS) is 10.9. The number of carboxylic acids is 1. The van der Waals surface area contributed by atoms with Gasteiger partial charge in [-0.1, -0.05) is 12.1 Å². The maximum absolute atomic E-state index is 11.0. The van der Waals surface area contributed by atoms with E-state index in [9.17, 15) is 9.59 Å². The lowest BCUT2D eigenvalue weighted by Gasteiger charge is -2.20. The standard InChI is InChI=1S/C11H13NO4/c1-11(2,9(13)14)7-4-3-5-8(6-7)12-10(15)16/h3-6,12H,1-2H3,(H,13,14)(H,15,16). The number of nitrogens with one attached hydrogen (secondary N) is 1. The van der Waals surface area contributed by atoms with Crippen LogP contribution in [0.25, 0.3) is 0 Å². The highest BCUT2D eigenvalue weighted by atomic mass is 16.4. The van der Waals surface area contributed by atoms with Crippen molar-refractivity contribution in [2.24, 2.45) is 0 Å². The second-order valence-corrected chi connectivity index (χ2v) is 3.94. The van der Waals surface area contributed by atoms with Crippen LogP contribution in [-0.2, 0) is 10.2 Å². The highest BCUT2D eigenvalue weighted by Gasteiger charge is 2.29. The van der Waals surface area contributed by atoms with Gasteiger partial charge in [0.1, 0.15) is 0 Å². The molecule has 0 atom stereocenters. The molecule has 86 valence electrons. The van der Waals surface area contributed by atoms with Gasteiger partial charge in [0, 0.05) is 5.69 Å². The Kier molecular flexibility index (Phi) is 3.17. The van der Waals surface area contributed by atoms with Crippen LogP contribution in [0.15, 0.2) is 24.3 Å². The molecule has 16 heavy (non-hydrogen) atoms. The number of hydrogen-bond donors (Lipinski definition) is 3. The van der Waals surface area contributed by atoms with Crippen LogP contribution in [-0.4, -0.2) is 22.3 Å². The van der Waals surface area contributed by atoms with Crippen LogP contribution >= 0.6 is 0 Å². The third kappa shape index (κ3) is 2.50. The van der Waals surface area contributed by atoms with E-state index in [1.807, 2.05) is 0 Å². The summed E-state index contributed by atoms with van der Waals surface area (Å²) < 4.78 is 0. The zero-order valence-electron chi connectivity index (χ0n) is 9.02. The fraction of sp³-hybridized carbons (Fsp3) is 0.273. The Balaban J connectivity index is 3.07. The van der Waals surface area contributed by atoms with Gasteiger partial charge in [-0.15, -0.1) is 0 Å². The van der Waals surface area contributed by atoms with Gasteiger partial charge >= 0.3 is 12.1 Å². The summed E-state index contributed by atoms with van der Waals surface area (Å²) in [4.78, 5) is 21.5. The van der Waals surface area contributed by atoms with Gasteiger partial charge in [0.15, 0.2) is 0 Å². The molecule has 1 aromatic rings. The molecule has 3 N–H and O–H groups in total. The van der Waals surface area contributed by atoms with Gasteiger partial charge in [-0.2, -0.15) is 0 Å². The topological polar surface area (TPSA) is 86.6 Å². The minimum absolute atomic E-state index is 0.360. The zero-order valence-corrected chi connectivity index (χ0v) is 9.02. The first-order valence-corrected chi connectivity index (χ1v) is 4.68. The maximum Gasteiger partial charge on any atom is 0.409 e. The van der Waals surface area contributed by atoms with Crippen LogP contribution in [0.5, 0.6) is 0 Å². The number of amides is 1. The van der Waals surface area contributed by atoms with Crippen LogP contribution in [0.3, 0.4) is 0 Å². The van der Waals surface area contributed by atoms with Crippen LogP contribution in [0, 0.1) is 0 Å². The average molecular weight is 223 g/mol. The lowest BCUT2D eigenvalue weighted by Crippen LogP contribution is -2.28. The van der Waals surface area contributed by atoms with Crippen LogP contribution in [0.4, 0.5) is 10.5 Å². The lowest BCUT2D eigenvalue weighted by molar-refractivity contribution is -0.142. The summed E-state index contributed by atoms with van der Waals surface area (Å²) in [6.07, 6.45) is -1.18. The minimum atomic E-state index is -1.18. The number of rotatable bonds is 3. The van der Waals surface area contributed by atoms with Gasteiger partial charge < -0.3 is 10.2 Å². The fourth-order valence-electron chi connectivity index (χ4n) is 1.23. The molecule has 0 aliphatic heterocycles. The molecule has 0 saturated carbocycles. The molecule has 5 heteroatoms. The van der Waals surface area contributed by atoms with Gasteiger partial charge in [-0.05, 0) is 31.5 Å². The lowest BCUT2D eigenvalue weighted by atomic mass is 9.85. The molecule has 0 heterocycles. The fourth-order valence-corrected chi connectivity index (χ4v) is 1.23. The highest BCUT2D eigenvalue weighted by Crippen LogP contribution is 2.25. The monoisotopic (exact) mass is 223 g/mol. The van der Waals surface area contributed by atoms with Gasteiger partial charge in [-0.3, -0.25) is 10.1 Å². The van der Waals surface area contributed by atoms with Crippen molar-refractivity contribution in [3.8, 4) is 0 Å². The predicted octanol–water partition coefficient (Wildman–Crippen LogP) is 2.14. The van der Waals surface area contributed by atoms with E-state index >= 15 is 0 Å². The molecule has 0 fully saturated rings. The Morgan fingerprint density at radius 3 is 2.38 bits per heavy atom. The number of carbonyl (C=O) groups is 2. The molecule has 1 amide bonds. The molecule has 0 saturated heterocycles. The molecule has 1 aromatic carbocycles. The second kappa shape index (κ2) is 4.22. The Morgan fingerprint density at radius 1 is 1.25 bits per heavy atom. The molecule has 0 unspecified atom stereocenters. The van der Waals surface area contributed by atoms with Crippen LogP contribution < -0.4 is 5.32 Å². The Labute approximate surface area is 92.7 Å². The van der Waals surface area contributed by atoms with E-state index in [0.29, 0.717) is 11.3 Å². The van der Waals surface area contributed by atoms with Crippen molar-refractivity contribution in [1.82, 2.24) is 0 Å². The van der Waals surface area contributed by atoms with Gasteiger partial charge in [0.05, 0.1) is 5.41 Å². The van der Waals surface area contributed by atoms with E-state index in [1.165, 1.54) is 6.07 Å². The molecule has 0 radical (unpaired) electrons. The minimum Gasteiger partial charge on any atom is -0.481 e. The number of carboxylic acid groups (broad SMARTS) is 2. The Morgan fingerprint density at radius 2 is 1.88 bits per heavy atom. The predicted molar refractivity (Wildman–Crippen MR) is 58.8 cm³/mol. The van der Waals surface area contributed by atoms with E-state index in [0.717, 1.165) is 0 Å².